The van der Waals surface area contributed by atoms with Crippen molar-refractivity contribution in [3.63, 3.8) is 0 Å². The number of thiazole rings is 1. The second-order valence-electron chi connectivity index (χ2n) is 3.46. The first-order valence-corrected chi connectivity index (χ1v) is 5.87. The zero-order valence-electron chi connectivity index (χ0n) is 9.11. The van der Waals surface area contributed by atoms with Gasteiger partial charge in [0.15, 0.2) is 0 Å². The summed E-state index contributed by atoms with van der Waals surface area (Å²) < 4.78 is 26.3. The van der Waals surface area contributed by atoms with E-state index in [1.165, 1.54) is 11.3 Å². The van der Waals surface area contributed by atoms with Gasteiger partial charge in [0, 0.05) is 17.1 Å². The molecule has 1 aromatic heterocycles. The summed E-state index contributed by atoms with van der Waals surface area (Å²) in [7, 11) is 0. The number of hydrogen-bond donors (Lipinski definition) is 2. The van der Waals surface area contributed by atoms with Gasteiger partial charge in [0.1, 0.15) is 22.3 Å². The Bertz CT molecular complexity index is 549. The van der Waals surface area contributed by atoms with E-state index < -0.39 is 23.2 Å². The first-order valence-electron chi connectivity index (χ1n) is 4.99. The molecule has 0 spiro atoms. The van der Waals surface area contributed by atoms with Crippen molar-refractivity contribution >= 4 is 22.9 Å². The Hall–Kier alpha value is -2.02. The van der Waals surface area contributed by atoms with Crippen molar-refractivity contribution in [1.82, 2.24) is 10.3 Å². The van der Waals surface area contributed by atoms with Crippen LogP contribution in [0.15, 0.2) is 23.7 Å². The minimum absolute atomic E-state index is 0.115. The number of carbonyl (C=O) groups is 1. The normalized spacial score (nSPS) is 10.3. The summed E-state index contributed by atoms with van der Waals surface area (Å²) in [4.78, 5) is 15.6. The summed E-state index contributed by atoms with van der Waals surface area (Å²) in [5, 5.41) is 4.99. The van der Waals surface area contributed by atoms with Crippen LogP contribution in [-0.2, 0) is 6.54 Å². The quantitative estimate of drug-likeness (QED) is 0.837. The fraction of sp³-hybridized carbons (Fsp3) is 0.0909. The second-order valence-corrected chi connectivity index (χ2v) is 4.44. The number of nitrogen functional groups attached to an aromatic ring is 1. The second kappa shape index (κ2) is 5.09. The largest absolute Gasteiger partial charge is 0.394 e. The molecule has 0 saturated carbocycles. The molecule has 0 atom stereocenters. The van der Waals surface area contributed by atoms with Gasteiger partial charge in [0.05, 0.1) is 6.54 Å². The van der Waals surface area contributed by atoms with Crippen LogP contribution >= 0.6 is 11.3 Å². The van der Waals surface area contributed by atoms with E-state index in [0.29, 0.717) is 5.01 Å². The minimum atomic E-state index is -0.950. The molecule has 1 heterocycles. The van der Waals surface area contributed by atoms with Crippen LogP contribution in [0, 0.1) is 11.6 Å². The lowest BCUT2D eigenvalue weighted by Crippen LogP contribution is -2.23. The van der Waals surface area contributed by atoms with Gasteiger partial charge in [-0.2, -0.15) is 0 Å². The Morgan fingerprint density at radius 2 is 2.06 bits per heavy atom. The van der Waals surface area contributed by atoms with E-state index in [2.05, 4.69) is 10.3 Å². The van der Waals surface area contributed by atoms with Crippen LogP contribution in [0.3, 0.4) is 0 Å². The zero-order chi connectivity index (χ0) is 13.1. The number of nitrogens with one attached hydrogen (secondary N) is 1. The standard InChI is InChI=1S/C11H9F2N3OS/c12-7-3-6(4-8(13)10(7)14)11(17)16-5-9-15-1-2-18-9/h1-4H,5,14H2,(H,16,17). The molecule has 3 N–H and O–H groups in total. The minimum Gasteiger partial charge on any atom is -0.394 e. The van der Waals surface area contributed by atoms with Crippen LogP contribution in [0.1, 0.15) is 15.4 Å². The fourth-order valence-electron chi connectivity index (χ4n) is 1.31. The van der Waals surface area contributed by atoms with Gasteiger partial charge >= 0.3 is 0 Å². The molecule has 0 radical (unpaired) electrons. The average Bonchev–Trinajstić information content (AvgIpc) is 2.85. The number of halogens is 2. The number of anilines is 1. The molecule has 7 heteroatoms. The smallest absolute Gasteiger partial charge is 0.251 e. The molecule has 0 fully saturated rings. The Labute approximate surface area is 105 Å². The Kier molecular flexibility index (Phi) is 3.52. The highest BCUT2D eigenvalue weighted by molar-refractivity contribution is 7.09. The number of benzene rings is 1. The fourth-order valence-corrected chi connectivity index (χ4v) is 1.87. The monoisotopic (exact) mass is 269 g/mol. The summed E-state index contributed by atoms with van der Waals surface area (Å²) in [5.41, 5.74) is 4.41. The van der Waals surface area contributed by atoms with Crippen molar-refractivity contribution in [2.45, 2.75) is 6.54 Å². The average molecular weight is 269 g/mol. The van der Waals surface area contributed by atoms with E-state index in [1.54, 1.807) is 11.6 Å². The van der Waals surface area contributed by atoms with Crippen LogP contribution in [0.25, 0.3) is 0 Å². The molecule has 0 aliphatic carbocycles. The predicted molar refractivity (Wildman–Crippen MR) is 64.1 cm³/mol. The maximum Gasteiger partial charge on any atom is 0.251 e. The van der Waals surface area contributed by atoms with Crippen molar-refractivity contribution in [1.29, 1.82) is 0 Å². The number of nitrogens with two attached hydrogens (primary N) is 1. The summed E-state index contributed by atoms with van der Waals surface area (Å²) in [6.07, 6.45) is 1.61. The molecule has 2 rings (SSSR count). The van der Waals surface area contributed by atoms with Gasteiger partial charge in [-0.05, 0) is 12.1 Å². The highest BCUT2D eigenvalue weighted by atomic mass is 32.1. The Balaban J connectivity index is 2.09. The van der Waals surface area contributed by atoms with Crippen molar-refractivity contribution in [3.05, 3.63) is 45.9 Å². The summed E-state index contributed by atoms with van der Waals surface area (Å²) in [6, 6.07) is 1.80. The SMILES string of the molecule is Nc1c(F)cc(C(=O)NCc2nccs2)cc1F. The number of rotatable bonds is 3. The molecule has 0 saturated heterocycles. The maximum atomic E-state index is 13.2. The number of hydrogen-bond acceptors (Lipinski definition) is 4. The first-order chi connectivity index (χ1) is 8.58. The number of carbonyl (C=O) groups excluding carboxylic acids is 1. The third-order valence-corrected chi connectivity index (χ3v) is 3.00. The van der Waals surface area contributed by atoms with Crippen molar-refractivity contribution in [2.75, 3.05) is 5.73 Å². The van der Waals surface area contributed by atoms with Crippen LogP contribution in [0.2, 0.25) is 0 Å². The molecular weight excluding hydrogens is 260 g/mol. The number of nitrogens with zero attached hydrogens (tertiary/aromatic N) is 1. The summed E-state index contributed by atoms with van der Waals surface area (Å²) >= 11 is 1.37. The van der Waals surface area contributed by atoms with E-state index >= 15 is 0 Å². The van der Waals surface area contributed by atoms with Crippen LogP contribution < -0.4 is 11.1 Å². The van der Waals surface area contributed by atoms with Gasteiger partial charge in [0.2, 0.25) is 0 Å². The Morgan fingerprint density at radius 1 is 1.39 bits per heavy atom. The first kappa shape index (κ1) is 12.4. The van der Waals surface area contributed by atoms with Crippen molar-refractivity contribution in [3.8, 4) is 0 Å². The van der Waals surface area contributed by atoms with E-state index in [1.807, 2.05) is 0 Å². The molecule has 0 bridgehead atoms. The molecule has 0 unspecified atom stereocenters. The Morgan fingerprint density at radius 3 is 2.61 bits per heavy atom. The van der Waals surface area contributed by atoms with Gasteiger partial charge in [-0.15, -0.1) is 11.3 Å². The maximum absolute atomic E-state index is 13.2. The lowest BCUT2D eigenvalue weighted by molar-refractivity contribution is 0.0950. The highest BCUT2D eigenvalue weighted by Crippen LogP contribution is 2.17. The topological polar surface area (TPSA) is 68.0 Å². The van der Waals surface area contributed by atoms with E-state index in [9.17, 15) is 13.6 Å². The van der Waals surface area contributed by atoms with Crippen LogP contribution in [0.5, 0.6) is 0 Å². The van der Waals surface area contributed by atoms with Gasteiger partial charge in [0.25, 0.3) is 5.91 Å². The molecular formula is C11H9F2N3OS. The van der Waals surface area contributed by atoms with Crippen LogP contribution in [0.4, 0.5) is 14.5 Å². The molecule has 94 valence electrons. The summed E-state index contributed by atoms with van der Waals surface area (Å²) in [6.45, 7) is 0.212. The van der Waals surface area contributed by atoms with Gasteiger partial charge in [-0.1, -0.05) is 0 Å². The number of aromatic nitrogens is 1. The van der Waals surface area contributed by atoms with Crippen LogP contribution in [-0.4, -0.2) is 10.9 Å². The molecule has 0 aliphatic rings. The molecule has 1 aromatic carbocycles. The van der Waals surface area contributed by atoms with E-state index in [-0.39, 0.29) is 12.1 Å². The third kappa shape index (κ3) is 2.62. The molecule has 0 aliphatic heterocycles. The molecule has 18 heavy (non-hydrogen) atoms. The third-order valence-electron chi connectivity index (χ3n) is 2.22. The van der Waals surface area contributed by atoms with Gasteiger partial charge in [-0.25, -0.2) is 13.8 Å². The molecule has 1 amide bonds. The zero-order valence-corrected chi connectivity index (χ0v) is 9.93. The van der Waals surface area contributed by atoms with E-state index in [0.717, 1.165) is 12.1 Å². The van der Waals surface area contributed by atoms with Crippen molar-refractivity contribution < 1.29 is 13.6 Å². The molecule has 2 aromatic rings. The van der Waals surface area contributed by atoms with Gasteiger partial charge < -0.3 is 11.1 Å². The van der Waals surface area contributed by atoms with Gasteiger partial charge in [-0.3, -0.25) is 4.79 Å². The summed E-state index contributed by atoms with van der Waals surface area (Å²) in [5.74, 6) is -2.48. The lowest BCUT2D eigenvalue weighted by Gasteiger charge is -2.05. The number of amides is 1. The highest BCUT2D eigenvalue weighted by Gasteiger charge is 2.13. The van der Waals surface area contributed by atoms with Crippen molar-refractivity contribution in [2.24, 2.45) is 0 Å². The predicted octanol–water partition coefficient (Wildman–Crippen LogP) is 1.93. The van der Waals surface area contributed by atoms with E-state index in [4.69, 9.17) is 5.73 Å². The lowest BCUT2D eigenvalue weighted by atomic mass is 10.1. The molecule has 4 nitrogen and oxygen atoms in total.